The minimum absolute atomic E-state index is 0.0750. The van der Waals surface area contributed by atoms with Gasteiger partial charge in [-0.1, -0.05) is 12.1 Å². The molecule has 0 saturated carbocycles. The lowest BCUT2D eigenvalue weighted by molar-refractivity contribution is -0.146. The number of carboxylic acids is 1. The summed E-state index contributed by atoms with van der Waals surface area (Å²) in [7, 11) is 0. The summed E-state index contributed by atoms with van der Waals surface area (Å²) in [6.45, 7) is 2.49. The fourth-order valence-corrected chi connectivity index (χ4v) is 1.29. The molecule has 2 N–H and O–H groups in total. The summed E-state index contributed by atoms with van der Waals surface area (Å²) >= 11 is 0. The minimum Gasteiger partial charge on any atom is -0.508 e. The molecular weight excluding hydrogens is 199 g/mol. The molecule has 0 aliphatic carbocycles. The lowest BCUT2D eigenvalue weighted by Gasteiger charge is -2.25. The predicted octanol–water partition coefficient (Wildman–Crippen LogP) is 2.30. The molecule has 82 valence electrons. The van der Waals surface area contributed by atoms with E-state index in [1.165, 1.54) is 38.1 Å². The van der Waals surface area contributed by atoms with Gasteiger partial charge < -0.3 is 10.2 Å². The topological polar surface area (TPSA) is 57.5 Å². The number of phenolic OH excluding ortho intramolecular Hbond substituents is 1. The van der Waals surface area contributed by atoms with Crippen LogP contribution in [0.25, 0.3) is 0 Å². The number of hydrogen-bond acceptors (Lipinski definition) is 2. The van der Waals surface area contributed by atoms with Gasteiger partial charge >= 0.3 is 5.97 Å². The number of aromatic hydroxyl groups is 1. The number of hydrogen-bond donors (Lipinski definition) is 2. The van der Waals surface area contributed by atoms with Crippen LogP contribution < -0.4 is 0 Å². The van der Waals surface area contributed by atoms with Crippen LogP contribution in [0.2, 0.25) is 0 Å². The van der Waals surface area contributed by atoms with Gasteiger partial charge in [0.15, 0.2) is 0 Å². The van der Waals surface area contributed by atoms with Gasteiger partial charge in [-0.2, -0.15) is 0 Å². The van der Waals surface area contributed by atoms with E-state index in [-0.39, 0.29) is 11.3 Å². The van der Waals surface area contributed by atoms with Gasteiger partial charge in [0.2, 0.25) is 0 Å². The van der Waals surface area contributed by atoms with Gasteiger partial charge in [0.25, 0.3) is 0 Å². The first kappa shape index (κ1) is 11.5. The highest BCUT2D eigenvalue weighted by Crippen LogP contribution is 2.35. The first-order chi connectivity index (χ1) is 6.85. The first-order valence-corrected chi connectivity index (χ1v) is 4.57. The van der Waals surface area contributed by atoms with Crippen molar-refractivity contribution in [1.82, 2.24) is 0 Å². The molecule has 1 aromatic carbocycles. The summed E-state index contributed by atoms with van der Waals surface area (Å²) in [5, 5.41) is 17.9. The monoisotopic (exact) mass is 212 g/mol. The zero-order valence-electron chi connectivity index (χ0n) is 8.57. The fraction of sp³-hybridized carbons (Fsp3) is 0.364. The standard InChI is InChI=1S/C11H13FO3/c1-7(10(14)15)11(2,12)8-4-3-5-9(13)6-8/h3-7,13H,1-2H3,(H,14,15). The van der Waals surface area contributed by atoms with Crippen LogP contribution in [0.4, 0.5) is 4.39 Å². The molecule has 4 heteroatoms. The molecule has 2 unspecified atom stereocenters. The molecule has 1 aromatic rings. The molecule has 0 aliphatic heterocycles. The van der Waals surface area contributed by atoms with Crippen molar-refractivity contribution < 1.29 is 19.4 Å². The Morgan fingerprint density at radius 1 is 1.53 bits per heavy atom. The largest absolute Gasteiger partial charge is 0.508 e. The quantitative estimate of drug-likeness (QED) is 0.808. The molecule has 2 atom stereocenters. The zero-order valence-corrected chi connectivity index (χ0v) is 8.57. The average molecular weight is 212 g/mol. The summed E-state index contributed by atoms with van der Waals surface area (Å²) in [6, 6.07) is 5.58. The summed E-state index contributed by atoms with van der Waals surface area (Å²) < 4.78 is 14.2. The second-order valence-corrected chi connectivity index (χ2v) is 3.69. The van der Waals surface area contributed by atoms with Gasteiger partial charge in [-0.15, -0.1) is 0 Å². The Morgan fingerprint density at radius 2 is 2.13 bits per heavy atom. The van der Waals surface area contributed by atoms with Crippen molar-refractivity contribution in [3.8, 4) is 5.75 Å². The number of phenols is 1. The van der Waals surface area contributed by atoms with Crippen LogP contribution in [0.1, 0.15) is 19.4 Å². The molecule has 0 bridgehead atoms. The van der Waals surface area contributed by atoms with Gasteiger partial charge in [-0.25, -0.2) is 4.39 Å². The third-order valence-electron chi connectivity index (χ3n) is 2.59. The van der Waals surface area contributed by atoms with Gasteiger partial charge in [-0.05, 0) is 31.5 Å². The maximum Gasteiger partial charge on any atom is 0.309 e. The molecule has 0 saturated heterocycles. The van der Waals surface area contributed by atoms with E-state index < -0.39 is 17.6 Å². The maximum atomic E-state index is 14.2. The Labute approximate surface area is 87.2 Å². The Balaban J connectivity index is 3.10. The Hall–Kier alpha value is -1.58. The van der Waals surface area contributed by atoms with Crippen molar-refractivity contribution in [3.05, 3.63) is 29.8 Å². The third kappa shape index (κ3) is 2.26. The number of halogens is 1. The number of alkyl halides is 1. The van der Waals surface area contributed by atoms with Crippen molar-refractivity contribution in [2.24, 2.45) is 5.92 Å². The lowest BCUT2D eigenvalue weighted by atomic mass is 9.86. The Morgan fingerprint density at radius 3 is 2.60 bits per heavy atom. The number of rotatable bonds is 3. The zero-order chi connectivity index (χ0) is 11.6. The molecule has 0 fully saturated rings. The van der Waals surface area contributed by atoms with Crippen LogP contribution in [0.3, 0.4) is 0 Å². The van der Waals surface area contributed by atoms with Crippen LogP contribution >= 0.6 is 0 Å². The van der Waals surface area contributed by atoms with E-state index in [0.717, 1.165) is 0 Å². The van der Waals surface area contributed by atoms with Gasteiger partial charge in [0.1, 0.15) is 11.4 Å². The van der Waals surface area contributed by atoms with Gasteiger partial charge in [0, 0.05) is 0 Å². The van der Waals surface area contributed by atoms with E-state index >= 15 is 0 Å². The Bertz CT molecular complexity index is 374. The first-order valence-electron chi connectivity index (χ1n) is 4.57. The summed E-state index contributed by atoms with van der Waals surface area (Å²) in [6.07, 6.45) is 0. The highest BCUT2D eigenvalue weighted by molar-refractivity contribution is 5.71. The smallest absolute Gasteiger partial charge is 0.309 e. The normalized spacial score (nSPS) is 16.7. The molecule has 0 heterocycles. The van der Waals surface area contributed by atoms with Crippen LogP contribution in [-0.2, 0) is 10.5 Å². The fourth-order valence-electron chi connectivity index (χ4n) is 1.29. The molecule has 0 amide bonds. The number of aliphatic carboxylic acids is 1. The summed E-state index contributed by atoms with van der Waals surface area (Å²) in [4.78, 5) is 10.7. The molecule has 15 heavy (non-hydrogen) atoms. The van der Waals surface area contributed by atoms with Crippen molar-refractivity contribution >= 4 is 5.97 Å². The van der Waals surface area contributed by atoms with Crippen LogP contribution in [0.5, 0.6) is 5.75 Å². The van der Waals surface area contributed by atoms with Gasteiger partial charge in [-0.3, -0.25) is 4.79 Å². The molecule has 3 nitrogen and oxygen atoms in total. The highest BCUT2D eigenvalue weighted by Gasteiger charge is 2.37. The van der Waals surface area contributed by atoms with Crippen molar-refractivity contribution in [2.75, 3.05) is 0 Å². The van der Waals surface area contributed by atoms with E-state index in [9.17, 15) is 14.3 Å². The molecule has 0 aliphatic rings. The average Bonchev–Trinajstić information content (AvgIpc) is 2.16. The number of carbonyl (C=O) groups is 1. The van der Waals surface area contributed by atoms with E-state index in [1.807, 2.05) is 0 Å². The molecule has 0 radical (unpaired) electrons. The van der Waals surface area contributed by atoms with Crippen molar-refractivity contribution in [2.45, 2.75) is 19.5 Å². The summed E-state index contributed by atoms with van der Waals surface area (Å²) in [5.74, 6) is -2.45. The van der Waals surface area contributed by atoms with Crippen molar-refractivity contribution in [3.63, 3.8) is 0 Å². The summed E-state index contributed by atoms with van der Waals surface area (Å²) in [5.41, 5.74) is -1.83. The highest BCUT2D eigenvalue weighted by atomic mass is 19.1. The lowest BCUT2D eigenvalue weighted by Crippen LogP contribution is -2.31. The van der Waals surface area contributed by atoms with Crippen LogP contribution in [0.15, 0.2) is 24.3 Å². The minimum atomic E-state index is -2.00. The van der Waals surface area contributed by atoms with E-state index in [4.69, 9.17) is 5.11 Å². The van der Waals surface area contributed by atoms with Crippen LogP contribution in [-0.4, -0.2) is 16.2 Å². The molecule has 0 aromatic heterocycles. The van der Waals surface area contributed by atoms with Gasteiger partial charge in [0.05, 0.1) is 5.92 Å². The second-order valence-electron chi connectivity index (χ2n) is 3.69. The van der Waals surface area contributed by atoms with Crippen LogP contribution in [0, 0.1) is 5.92 Å². The molecular formula is C11H13FO3. The number of benzene rings is 1. The van der Waals surface area contributed by atoms with E-state index in [1.54, 1.807) is 0 Å². The van der Waals surface area contributed by atoms with E-state index in [0.29, 0.717) is 0 Å². The van der Waals surface area contributed by atoms with Crippen molar-refractivity contribution in [1.29, 1.82) is 0 Å². The SMILES string of the molecule is CC(C(=O)O)C(C)(F)c1cccc(O)c1. The second kappa shape index (κ2) is 3.88. The Kier molecular flexibility index (Phi) is 2.98. The molecule has 0 spiro atoms. The third-order valence-corrected chi connectivity index (χ3v) is 2.59. The maximum absolute atomic E-state index is 14.2. The van der Waals surface area contributed by atoms with E-state index in [2.05, 4.69) is 0 Å². The molecule has 1 rings (SSSR count). The predicted molar refractivity (Wildman–Crippen MR) is 53.4 cm³/mol. The number of carboxylic acid groups (broad SMARTS) is 1.